The van der Waals surface area contributed by atoms with E-state index in [0.29, 0.717) is 5.56 Å². The number of nitro groups is 1. The number of nitrogens with zero attached hydrogens (tertiary/aromatic N) is 1. The van der Waals surface area contributed by atoms with Crippen LogP contribution >= 0.6 is 27.5 Å². The van der Waals surface area contributed by atoms with Crippen molar-refractivity contribution < 1.29 is 13.7 Å². The van der Waals surface area contributed by atoms with Crippen molar-refractivity contribution in [1.29, 1.82) is 0 Å². The van der Waals surface area contributed by atoms with Gasteiger partial charge in [0.1, 0.15) is 11.6 Å². The minimum Gasteiger partial charge on any atom is -0.258 e. The maximum absolute atomic E-state index is 13.8. The Balaban J connectivity index is 2.33. The number of halogens is 4. The molecule has 7 heteroatoms. The number of nitro benzene ring substituents is 1. The molecular formula is C14H9BrClF2NO2. The second-order valence-corrected chi connectivity index (χ2v) is 5.86. The van der Waals surface area contributed by atoms with E-state index in [1.807, 2.05) is 0 Å². The zero-order valence-corrected chi connectivity index (χ0v) is 12.9. The normalized spacial score (nSPS) is 12.2. The van der Waals surface area contributed by atoms with Crippen molar-refractivity contribution in [3.05, 3.63) is 74.3 Å². The summed E-state index contributed by atoms with van der Waals surface area (Å²) in [6.07, 6.45) is 0.148. The van der Waals surface area contributed by atoms with Gasteiger partial charge in [-0.3, -0.25) is 10.1 Å². The minimum absolute atomic E-state index is 0.0585. The molecule has 2 aromatic carbocycles. The quantitative estimate of drug-likeness (QED) is 0.318. The van der Waals surface area contributed by atoms with Gasteiger partial charge in [0.05, 0.1) is 9.95 Å². The standard InChI is InChI=1S/C14H9BrClF2NO2/c15-10(9-6-13(18)11(16)7-12(9)17)5-8-3-1-2-4-14(8)19(20)21/h1-4,6-7,10H,5H2. The second-order valence-electron chi connectivity index (χ2n) is 4.35. The second kappa shape index (κ2) is 6.49. The summed E-state index contributed by atoms with van der Waals surface area (Å²) in [6.45, 7) is 0. The first kappa shape index (κ1) is 15.9. The van der Waals surface area contributed by atoms with Crippen LogP contribution in [0.3, 0.4) is 0 Å². The van der Waals surface area contributed by atoms with Crippen molar-refractivity contribution >= 4 is 33.2 Å². The van der Waals surface area contributed by atoms with Gasteiger partial charge < -0.3 is 0 Å². The van der Waals surface area contributed by atoms with Gasteiger partial charge in [0.2, 0.25) is 0 Å². The van der Waals surface area contributed by atoms with Crippen LogP contribution in [-0.4, -0.2) is 4.92 Å². The maximum atomic E-state index is 13.8. The number of benzene rings is 2. The van der Waals surface area contributed by atoms with Gasteiger partial charge in [-0.1, -0.05) is 45.7 Å². The first-order chi connectivity index (χ1) is 9.90. The van der Waals surface area contributed by atoms with Gasteiger partial charge in [0, 0.05) is 22.0 Å². The Kier molecular flexibility index (Phi) is 4.90. The van der Waals surface area contributed by atoms with Crippen molar-refractivity contribution in [2.45, 2.75) is 11.2 Å². The molecule has 1 atom stereocenters. The number of rotatable bonds is 4. The Morgan fingerprint density at radius 1 is 1.24 bits per heavy atom. The van der Waals surface area contributed by atoms with Gasteiger partial charge in [-0.2, -0.15) is 0 Å². The van der Waals surface area contributed by atoms with Crippen molar-refractivity contribution in [3.8, 4) is 0 Å². The number of alkyl halides is 1. The minimum atomic E-state index is -0.736. The van der Waals surface area contributed by atoms with E-state index < -0.39 is 21.4 Å². The van der Waals surface area contributed by atoms with Crippen LogP contribution in [0.25, 0.3) is 0 Å². The van der Waals surface area contributed by atoms with Gasteiger partial charge in [-0.15, -0.1) is 0 Å². The Labute approximate surface area is 132 Å². The van der Waals surface area contributed by atoms with E-state index in [4.69, 9.17) is 11.6 Å². The lowest BCUT2D eigenvalue weighted by atomic mass is 10.0. The molecule has 0 aromatic heterocycles. The van der Waals surface area contributed by atoms with Crippen molar-refractivity contribution in [2.24, 2.45) is 0 Å². The third kappa shape index (κ3) is 3.57. The van der Waals surface area contributed by atoms with Crippen LogP contribution in [0.1, 0.15) is 16.0 Å². The summed E-state index contributed by atoms with van der Waals surface area (Å²) in [7, 11) is 0. The highest BCUT2D eigenvalue weighted by molar-refractivity contribution is 9.09. The van der Waals surface area contributed by atoms with E-state index in [1.165, 1.54) is 6.07 Å². The Morgan fingerprint density at radius 3 is 2.57 bits per heavy atom. The lowest BCUT2D eigenvalue weighted by Gasteiger charge is -2.12. The maximum Gasteiger partial charge on any atom is 0.272 e. The lowest BCUT2D eigenvalue weighted by Crippen LogP contribution is -2.02. The van der Waals surface area contributed by atoms with Crippen molar-refractivity contribution in [1.82, 2.24) is 0 Å². The molecule has 0 N–H and O–H groups in total. The molecule has 21 heavy (non-hydrogen) atoms. The average molecular weight is 377 g/mol. The Morgan fingerprint density at radius 2 is 1.90 bits per heavy atom. The lowest BCUT2D eigenvalue weighted by molar-refractivity contribution is -0.385. The molecule has 2 rings (SSSR count). The largest absolute Gasteiger partial charge is 0.272 e. The highest BCUT2D eigenvalue weighted by Gasteiger charge is 2.20. The van der Waals surface area contributed by atoms with E-state index in [-0.39, 0.29) is 22.7 Å². The van der Waals surface area contributed by atoms with Crippen LogP contribution in [0, 0.1) is 21.7 Å². The predicted molar refractivity (Wildman–Crippen MR) is 79.8 cm³/mol. The molecule has 0 heterocycles. The molecule has 0 fully saturated rings. The van der Waals surface area contributed by atoms with E-state index in [2.05, 4.69) is 15.9 Å². The zero-order valence-electron chi connectivity index (χ0n) is 10.5. The predicted octanol–water partition coefficient (Wildman–Crippen LogP) is 5.21. The average Bonchev–Trinajstić information content (AvgIpc) is 2.43. The van der Waals surface area contributed by atoms with Gasteiger partial charge in [0.25, 0.3) is 5.69 Å². The monoisotopic (exact) mass is 375 g/mol. The van der Waals surface area contributed by atoms with Crippen LogP contribution in [0.2, 0.25) is 5.02 Å². The number of hydrogen-bond donors (Lipinski definition) is 0. The summed E-state index contributed by atoms with van der Waals surface area (Å²) in [5, 5.41) is 10.6. The van der Waals surface area contributed by atoms with Crippen LogP contribution in [0.5, 0.6) is 0 Å². The summed E-state index contributed by atoms with van der Waals surface area (Å²) >= 11 is 8.74. The smallest absolute Gasteiger partial charge is 0.258 e. The van der Waals surface area contributed by atoms with Gasteiger partial charge >= 0.3 is 0 Å². The third-order valence-corrected chi connectivity index (χ3v) is 4.07. The molecule has 0 saturated heterocycles. The van der Waals surface area contributed by atoms with Crippen LogP contribution in [0.15, 0.2) is 36.4 Å². The molecule has 110 valence electrons. The molecule has 3 nitrogen and oxygen atoms in total. The fourth-order valence-electron chi connectivity index (χ4n) is 1.94. The molecule has 0 aliphatic heterocycles. The van der Waals surface area contributed by atoms with Gasteiger partial charge in [-0.25, -0.2) is 8.78 Å². The number of hydrogen-bond acceptors (Lipinski definition) is 2. The van der Waals surface area contributed by atoms with E-state index >= 15 is 0 Å². The molecule has 0 radical (unpaired) electrons. The van der Waals surface area contributed by atoms with E-state index in [0.717, 1.165) is 12.1 Å². The molecule has 2 aromatic rings. The highest BCUT2D eigenvalue weighted by Crippen LogP contribution is 2.33. The van der Waals surface area contributed by atoms with Crippen LogP contribution < -0.4 is 0 Å². The molecule has 1 unspecified atom stereocenters. The highest BCUT2D eigenvalue weighted by atomic mass is 79.9. The third-order valence-electron chi connectivity index (χ3n) is 2.96. The molecular weight excluding hydrogens is 368 g/mol. The summed E-state index contributed by atoms with van der Waals surface area (Å²) in [5.74, 6) is -1.40. The Hall–Kier alpha value is -1.53. The SMILES string of the molecule is O=[N+]([O-])c1ccccc1CC(Br)c1cc(F)c(Cl)cc1F. The fourth-order valence-corrected chi connectivity index (χ4v) is 2.79. The van der Waals surface area contributed by atoms with Gasteiger partial charge in [0.15, 0.2) is 0 Å². The Bertz CT molecular complexity index is 697. The summed E-state index contributed by atoms with van der Waals surface area (Å²) in [6, 6.07) is 8.03. The summed E-state index contributed by atoms with van der Waals surface area (Å²) in [4.78, 5) is 9.83. The summed E-state index contributed by atoms with van der Waals surface area (Å²) in [5.41, 5.74) is 0.436. The number of para-hydroxylation sites is 1. The molecule has 0 saturated carbocycles. The van der Waals surface area contributed by atoms with E-state index in [1.54, 1.807) is 18.2 Å². The first-order valence-corrected chi connectivity index (χ1v) is 7.20. The van der Waals surface area contributed by atoms with E-state index in [9.17, 15) is 18.9 Å². The topological polar surface area (TPSA) is 43.1 Å². The van der Waals surface area contributed by atoms with Crippen molar-refractivity contribution in [3.63, 3.8) is 0 Å². The molecule has 0 aliphatic rings. The first-order valence-electron chi connectivity index (χ1n) is 5.91. The molecule has 0 bridgehead atoms. The fraction of sp³-hybridized carbons (Fsp3) is 0.143. The molecule has 0 amide bonds. The zero-order chi connectivity index (χ0) is 15.6. The van der Waals surface area contributed by atoms with Crippen molar-refractivity contribution in [2.75, 3.05) is 0 Å². The molecule has 0 spiro atoms. The van der Waals surface area contributed by atoms with Crippen LogP contribution in [0.4, 0.5) is 14.5 Å². The van der Waals surface area contributed by atoms with Crippen LogP contribution in [-0.2, 0) is 6.42 Å². The van der Waals surface area contributed by atoms with Gasteiger partial charge in [-0.05, 0) is 18.6 Å². The summed E-state index contributed by atoms with van der Waals surface area (Å²) < 4.78 is 27.3. The molecule has 0 aliphatic carbocycles.